The van der Waals surface area contributed by atoms with Crippen molar-refractivity contribution in [2.24, 2.45) is 0 Å². The van der Waals surface area contributed by atoms with E-state index in [4.69, 9.17) is 4.74 Å². The molecule has 1 aliphatic rings. The highest BCUT2D eigenvalue weighted by Gasteiger charge is 2.27. The van der Waals surface area contributed by atoms with Gasteiger partial charge >= 0.3 is 0 Å². The molecule has 38 heavy (non-hydrogen) atoms. The molecular weight excluding hydrogens is 492 g/mol. The maximum atomic E-state index is 13.8. The summed E-state index contributed by atoms with van der Waals surface area (Å²) in [6, 6.07) is 20.1. The number of hydrogen-bond acceptors (Lipinski definition) is 4. The summed E-state index contributed by atoms with van der Waals surface area (Å²) in [6.07, 6.45) is 6.46. The van der Waals surface area contributed by atoms with E-state index in [0.717, 1.165) is 31.2 Å². The van der Waals surface area contributed by atoms with Crippen LogP contribution in [0.25, 0.3) is 0 Å². The summed E-state index contributed by atoms with van der Waals surface area (Å²) < 4.78 is 5.87. The number of aryl methyl sites for hydroxylation is 2. The Bertz CT molecular complexity index is 1150. The topological polar surface area (TPSA) is 49.9 Å². The van der Waals surface area contributed by atoms with Crippen LogP contribution in [0.2, 0.25) is 0 Å². The van der Waals surface area contributed by atoms with Crippen LogP contribution in [-0.2, 0) is 29.0 Å². The predicted octanol–water partition coefficient (Wildman–Crippen LogP) is 6.64. The predicted molar refractivity (Wildman–Crippen MR) is 154 cm³/mol. The fourth-order valence-corrected chi connectivity index (χ4v) is 5.79. The second-order valence-corrected chi connectivity index (χ2v) is 11.2. The number of amides is 2. The van der Waals surface area contributed by atoms with E-state index in [0.29, 0.717) is 31.8 Å². The van der Waals surface area contributed by atoms with Gasteiger partial charge in [-0.05, 0) is 72.9 Å². The van der Waals surface area contributed by atoms with Crippen LogP contribution in [0.15, 0.2) is 66.0 Å². The van der Waals surface area contributed by atoms with E-state index in [1.165, 1.54) is 28.8 Å². The molecule has 0 saturated carbocycles. The average molecular weight is 533 g/mol. The van der Waals surface area contributed by atoms with Crippen molar-refractivity contribution >= 4 is 23.2 Å². The Balaban J connectivity index is 1.51. The van der Waals surface area contributed by atoms with Gasteiger partial charge in [-0.3, -0.25) is 9.59 Å². The number of nitrogens with zero attached hydrogens (tertiary/aromatic N) is 2. The summed E-state index contributed by atoms with van der Waals surface area (Å²) in [6.45, 7) is 6.50. The number of unbranched alkanes of at least 4 members (excludes halogenated alkanes) is 2. The summed E-state index contributed by atoms with van der Waals surface area (Å²) >= 11 is 1.67. The second kappa shape index (κ2) is 14.3. The minimum Gasteiger partial charge on any atom is -0.376 e. The van der Waals surface area contributed by atoms with Gasteiger partial charge in [-0.1, -0.05) is 62.2 Å². The molecule has 5 nitrogen and oxygen atoms in total. The fourth-order valence-electron chi connectivity index (χ4n) is 4.87. The number of benzene rings is 2. The third-order valence-corrected chi connectivity index (χ3v) is 8.21. The number of ether oxygens (including phenoxy) is 1. The Morgan fingerprint density at radius 2 is 1.74 bits per heavy atom. The summed E-state index contributed by atoms with van der Waals surface area (Å²) in [4.78, 5) is 32.2. The van der Waals surface area contributed by atoms with Gasteiger partial charge in [0.1, 0.15) is 6.54 Å². The molecule has 1 unspecified atom stereocenters. The number of hydrogen-bond donors (Lipinski definition) is 0. The van der Waals surface area contributed by atoms with Gasteiger partial charge < -0.3 is 14.5 Å². The lowest BCUT2D eigenvalue weighted by Gasteiger charge is -2.29. The smallest absolute Gasteiger partial charge is 0.254 e. The molecule has 0 aliphatic carbocycles. The number of carbonyl (C=O) groups is 2. The van der Waals surface area contributed by atoms with Crippen molar-refractivity contribution in [1.29, 1.82) is 0 Å². The van der Waals surface area contributed by atoms with Crippen LogP contribution in [-0.4, -0.2) is 47.4 Å². The van der Waals surface area contributed by atoms with Crippen molar-refractivity contribution in [3.63, 3.8) is 0 Å². The molecule has 2 aromatic carbocycles. The maximum absolute atomic E-state index is 13.8. The number of carbonyl (C=O) groups excluding carboxylic acids is 2. The Labute approximate surface area is 231 Å². The lowest BCUT2D eigenvalue weighted by Crippen LogP contribution is -2.45. The van der Waals surface area contributed by atoms with Gasteiger partial charge in [0, 0.05) is 30.1 Å². The van der Waals surface area contributed by atoms with Crippen molar-refractivity contribution in [3.8, 4) is 0 Å². The second-order valence-electron chi connectivity index (χ2n) is 10.2. The monoisotopic (exact) mass is 532 g/mol. The Morgan fingerprint density at radius 1 is 0.947 bits per heavy atom. The molecular formula is C32H40N2O3S. The van der Waals surface area contributed by atoms with Crippen LogP contribution in [0, 0.1) is 6.92 Å². The minimum atomic E-state index is -0.110. The molecule has 0 spiro atoms. The Kier molecular flexibility index (Phi) is 10.5. The standard InChI is InChI=1S/C32H40N2O3S/c1-3-4-6-10-26-14-16-28(17-15-26)32(36)34(22-29-13-9-19-37-29)24-31(35)33(21-27-11-7-5-8-12-27)23-30-25(2)18-20-38-30/h5,7-8,11-12,14-18,20,29H,3-4,6,9-10,13,19,21-24H2,1-2H3. The molecule has 1 saturated heterocycles. The summed E-state index contributed by atoms with van der Waals surface area (Å²) in [5.74, 6) is -0.162. The quantitative estimate of drug-likeness (QED) is 0.232. The summed E-state index contributed by atoms with van der Waals surface area (Å²) in [5.41, 5.74) is 4.13. The highest BCUT2D eigenvalue weighted by atomic mass is 32.1. The van der Waals surface area contributed by atoms with Crippen molar-refractivity contribution in [2.75, 3.05) is 19.7 Å². The maximum Gasteiger partial charge on any atom is 0.254 e. The Morgan fingerprint density at radius 3 is 2.39 bits per heavy atom. The first-order chi connectivity index (χ1) is 18.5. The SMILES string of the molecule is CCCCCc1ccc(C(=O)N(CC(=O)N(Cc2ccccc2)Cc2sccc2C)CC2CCCO2)cc1. The van der Waals surface area contributed by atoms with E-state index in [-0.39, 0.29) is 24.5 Å². The lowest BCUT2D eigenvalue weighted by atomic mass is 10.0. The molecule has 0 bridgehead atoms. The summed E-state index contributed by atoms with van der Waals surface area (Å²) in [7, 11) is 0. The van der Waals surface area contributed by atoms with Crippen molar-refractivity contribution in [3.05, 3.63) is 93.2 Å². The third-order valence-electron chi connectivity index (χ3n) is 7.20. The molecule has 3 aromatic rings. The number of thiophene rings is 1. The van der Waals surface area contributed by atoms with Gasteiger partial charge in [-0.15, -0.1) is 11.3 Å². The number of rotatable bonds is 13. The van der Waals surface area contributed by atoms with E-state index in [1.54, 1.807) is 16.2 Å². The van der Waals surface area contributed by atoms with E-state index in [2.05, 4.69) is 37.4 Å². The molecule has 0 N–H and O–H groups in total. The van der Waals surface area contributed by atoms with Crippen LogP contribution in [0.5, 0.6) is 0 Å². The average Bonchev–Trinajstić information content (AvgIpc) is 3.60. The summed E-state index contributed by atoms with van der Waals surface area (Å²) in [5, 5.41) is 2.06. The van der Waals surface area contributed by atoms with Crippen LogP contribution < -0.4 is 0 Å². The Hall–Kier alpha value is -2.96. The molecule has 1 atom stereocenters. The molecule has 4 rings (SSSR count). The first kappa shape index (κ1) is 28.1. The highest BCUT2D eigenvalue weighted by molar-refractivity contribution is 7.10. The zero-order valence-electron chi connectivity index (χ0n) is 22.7. The van der Waals surface area contributed by atoms with E-state index >= 15 is 0 Å². The fraction of sp³-hybridized carbons (Fsp3) is 0.438. The highest BCUT2D eigenvalue weighted by Crippen LogP contribution is 2.21. The van der Waals surface area contributed by atoms with Crippen molar-refractivity contribution in [2.45, 2.75) is 71.6 Å². The molecule has 1 aliphatic heterocycles. The molecule has 2 amide bonds. The molecule has 1 aromatic heterocycles. The molecule has 1 fully saturated rings. The van der Waals surface area contributed by atoms with Crippen LogP contribution in [0.1, 0.15) is 71.0 Å². The van der Waals surface area contributed by atoms with E-state index < -0.39 is 0 Å². The zero-order valence-corrected chi connectivity index (χ0v) is 23.6. The van der Waals surface area contributed by atoms with Gasteiger partial charge in [0.2, 0.25) is 5.91 Å². The van der Waals surface area contributed by atoms with Crippen molar-refractivity contribution < 1.29 is 14.3 Å². The first-order valence-corrected chi connectivity index (χ1v) is 14.8. The van der Waals surface area contributed by atoms with Crippen LogP contribution in [0.4, 0.5) is 0 Å². The molecule has 0 radical (unpaired) electrons. The molecule has 2 heterocycles. The normalized spacial score (nSPS) is 14.9. The first-order valence-electron chi connectivity index (χ1n) is 13.9. The van der Waals surface area contributed by atoms with E-state index in [1.807, 2.05) is 47.4 Å². The van der Waals surface area contributed by atoms with Gasteiger partial charge in [-0.25, -0.2) is 0 Å². The van der Waals surface area contributed by atoms with Crippen molar-refractivity contribution in [1.82, 2.24) is 9.80 Å². The molecule has 6 heteroatoms. The van der Waals surface area contributed by atoms with Gasteiger partial charge in [0.15, 0.2) is 0 Å². The minimum absolute atomic E-state index is 0.0258. The van der Waals surface area contributed by atoms with Crippen LogP contribution >= 0.6 is 11.3 Å². The third kappa shape index (κ3) is 8.02. The van der Waals surface area contributed by atoms with Gasteiger partial charge in [-0.2, -0.15) is 0 Å². The van der Waals surface area contributed by atoms with Gasteiger partial charge in [0.05, 0.1) is 12.6 Å². The van der Waals surface area contributed by atoms with E-state index in [9.17, 15) is 9.59 Å². The zero-order chi connectivity index (χ0) is 26.7. The van der Waals surface area contributed by atoms with Gasteiger partial charge in [0.25, 0.3) is 5.91 Å². The lowest BCUT2D eigenvalue weighted by molar-refractivity contribution is -0.133. The largest absolute Gasteiger partial charge is 0.376 e. The van der Waals surface area contributed by atoms with Crippen LogP contribution in [0.3, 0.4) is 0 Å². The molecule has 202 valence electrons.